The van der Waals surface area contributed by atoms with Crippen molar-refractivity contribution >= 4 is 34.3 Å². The fourth-order valence-electron chi connectivity index (χ4n) is 2.26. The number of aryl methyl sites for hydroxylation is 1. The summed E-state index contributed by atoms with van der Waals surface area (Å²) in [5, 5.41) is 3.59. The summed E-state index contributed by atoms with van der Waals surface area (Å²) >= 11 is 1.12. The van der Waals surface area contributed by atoms with Crippen molar-refractivity contribution in [3.63, 3.8) is 0 Å². The molecule has 0 saturated carbocycles. The van der Waals surface area contributed by atoms with Gasteiger partial charge in [0.05, 0.1) is 16.7 Å². The fourth-order valence-corrected chi connectivity index (χ4v) is 2.97. The van der Waals surface area contributed by atoms with Crippen LogP contribution in [0.3, 0.4) is 0 Å². The number of thioether (sulfide) groups is 1. The highest BCUT2D eigenvalue weighted by molar-refractivity contribution is 7.99. The fraction of sp³-hybridized carbons (Fsp3) is 0.118. The van der Waals surface area contributed by atoms with Crippen LogP contribution in [-0.2, 0) is 4.79 Å². The minimum absolute atomic E-state index is 0.107. The Morgan fingerprint density at radius 2 is 1.92 bits per heavy atom. The first-order chi connectivity index (χ1) is 11.6. The van der Waals surface area contributed by atoms with Gasteiger partial charge in [-0.05, 0) is 30.7 Å². The van der Waals surface area contributed by atoms with Gasteiger partial charge >= 0.3 is 0 Å². The maximum absolute atomic E-state index is 12.2. The number of carbonyl (C=O) groups is 1. The topological polar surface area (TPSA) is 90.0 Å². The number of rotatable bonds is 4. The lowest BCUT2D eigenvalue weighted by atomic mass is 10.2. The first-order valence-corrected chi connectivity index (χ1v) is 8.30. The van der Waals surface area contributed by atoms with E-state index in [2.05, 4.69) is 10.3 Å². The highest BCUT2D eigenvalue weighted by Gasteiger charge is 2.11. The third-order valence-corrected chi connectivity index (χ3v) is 4.48. The lowest BCUT2D eigenvalue weighted by Crippen LogP contribution is -2.30. The number of hydrogen-bond acceptors (Lipinski definition) is 5. The molecule has 122 valence electrons. The van der Waals surface area contributed by atoms with Gasteiger partial charge in [-0.25, -0.2) is 9.66 Å². The number of amides is 1. The minimum Gasteiger partial charge on any atom is -0.334 e. The van der Waals surface area contributed by atoms with E-state index in [1.54, 1.807) is 24.3 Å². The van der Waals surface area contributed by atoms with Gasteiger partial charge in [0.2, 0.25) is 5.91 Å². The second-order valence-corrected chi connectivity index (χ2v) is 6.18. The number of fused-ring (bicyclic) bond motifs is 1. The Labute approximate surface area is 142 Å². The highest BCUT2D eigenvalue weighted by Crippen LogP contribution is 2.18. The Balaban J connectivity index is 1.76. The molecule has 0 bridgehead atoms. The van der Waals surface area contributed by atoms with Crippen LogP contribution in [0.4, 0.5) is 5.69 Å². The summed E-state index contributed by atoms with van der Waals surface area (Å²) in [6.45, 7) is 1.92. The van der Waals surface area contributed by atoms with E-state index in [0.717, 1.165) is 27.7 Å². The van der Waals surface area contributed by atoms with Crippen LogP contribution in [0, 0.1) is 6.92 Å². The van der Waals surface area contributed by atoms with Gasteiger partial charge in [-0.2, -0.15) is 0 Å². The number of hydrogen-bond donors (Lipinski definition) is 2. The number of nitrogens with one attached hydrogen (secondary N) is 1. The number of nitrogen functional groups attached to an aromatic ring is 1. The summed E-state index contributed by atoms with van der Waals surface area (Å²) in [6, 6.07) is 14.5. The van der Waals surface area contributed by atoms with E-state index < -0.39 is 0 Å². The van der Waals surface area contributed by atoms with Crippen LogP contribution >= 0.6 is 11.8 Å². The highest BCUT2D eigenvalue weighted by atomic mass is 32.2. The molecule has 1 aromatic heterocycles. The predicted molar refractivity (Wildman–Crippen MR) is 96.7 cm³/mol. The molecule has 1 amide bonds. The smallest absolute Gasteiger partial charge is 0.280 e. The zero-order valence-electron chi connectivity index (χ0n) is 13.0. The molecule has 0 atom stereocenters. The first kappa shape index (κ1) is 16.1. The van der Waals surface area contributed by atoms with E-state index in [-0.39, 0.29) is 17.2 Å². The first-order valence-electron chi connectivity index (χ1n) is 7.31. The summed E-state index contributed by atoms with van der Waals surface area (Å²) in [4.78, 5) is 28.7. The maximum atomic E-state index is 12.2. The average molecular weight is 340 g/mol. The third kappa shape index (κ3) is 3.26. The lowest BCUT2D eigenvalue weighted by molar-refractivity contribution is -0.113. The summed E-state index contributed by atoms with van der Waals surface area (Å²) in [7, 11) is 0. The van der Waals surface area contributed by atoms with Crippen molar-refractivity contribution in [2.24, 2.45) is 0 Å². The molecule has 0 aliphatic carbocycles. The molecular weight excluding hydrogens is 324 g/mol. The van der Waals surface area contributed by atoms with Gasteiger partial charge in [-0.15, -0.1) is 0 Å². The number of aromatic nitrogens is 2. The van der Waals surface area contributed by atoms with Crippen LogP contribution in [0.5, 0.6) is 0 Å². The quantitative estimate of drug-likeness (QED) is 0.431. The molecule has 0 spiro atoms. The largest absolute Gasteiger partial charge is 0.334 e. The minimum atomic E-state index is -0.331. The van der Waals surface area contributed by atoms with E-state index >= 15 is 0 Å². The number of carbonyl (C=O) groups excluding carboxylic acids is 1. The van der Waals surface area contributed by atoms with E-state index in [1.165, 1.54) is 0 Å². The standard InChI is InChI=1S/C17H16N4O2S/c1-11-6-2-4-8-13(11)19-15(22)10-24-17-20-14-9-5-3-7-12(14)16(23)21(17)18/h2-9H,10,18H2,1H3,(H,19,22). The molecule has 3 N–H and O–H groups in total. The Hall–Kier alpha value is -2.80. The van der Waals surface area contributed by atoms with Gasteiger partial charge in [0, 0.05) is 5.69 Å². The third-order valence-electron chi connectivity index (χ3n) is 3.53. The normalized spacial score (nSPS) is 10.7. The van der Waals surface area contributed by atoms with Crippen molar-refractivity contribution in [3.8, 4) is 0 Å². The van der Waals surface area contributed by atoms with Crippen molar-refractivity contribution < 1.29 is 4.79 Å². The molecule has 3 aromatic rings. The molecular formula is C17H16N4O2S. The number of para-hydroxylation sites is 2. The van der Waals surface area contributed by atoms with Gasteiger partial charge in [0.25, 0.3) is 5.56 Å². The van der Waals surface area contributed by atoms with Crippen molar-refractivity contribution in [1.29, 1.82) is 0 Å². The van der Waals surface area contributed by atoms with Crippen LogP contribution in [-0.4, -0.2) is 21.3 Å². The molecule has 3 rings (SSSR count). The van der Waals surface area contributed by atoms with E-state index in [9.17, 15) is 9.59 Å². The van der Waals surface area contributed by atoms with Gasteiger partial charge in [0.15, 0.2) is 5.16 Å². The van der Waals surface area contributed by atoms with Crippen molar-refractivity contribution in [2.75, 3.05) is 16.9 Å². The average Bonchev–Trinajstić information content (AvgIpc) is 2.59. The summed E-state index contributed by atoms with van der Waals surface area (Å²) in [5.41, 5.74) is 1.98. The molecule has 0 unspecified atom stereocenters. The van der Waals surface area contributed by atoms with E-state index in [4.69, 9.17) is 5.84 Å². The van der Waals surface area contributed by atoms with Crippen molar-refractivity contribution in [2.45, 2.75) is 12.1 Å². The predicted octanol–water partition coefficient (Wildman–Crippen LogP) is 2.15. The Morgan fingerprint density at radius 3 is 2.71 bits per heavy atom. The Morgan fingerprint density at radius 1 is 1.21 bits per heavy atom. The van der Waals surface area contributed by atoms with E-state index in [0.29, 0.717) is 16.1 Å². The van der Waals surface area contributed by atoms with Crippen LogP contribution in [0.25, 0.3) is 10.9 Å². The molecule has 2 aromatic carbocycles. The number of nitrogens with zero attached hydrogens (tertiary/aromatic N) is 2. The van der Waals surface area contributed by atoms with Crippen LogP contribution < -0.4 is 16.7 Å². The number of anilines is 1. The van der Waals surface area contributed by atoms with Gasteiger partial charge in [0.1, 0.15) is 0 Å². The second kappa shape index (κ2) is 6.76. The molecule has 6 nitrogen and oxygen atoms in total. The summed E-state index contributed by atoms with van der Waals surface area (Å²) < 4.78 is 0.980. The molecule has 0 aliphatic rings. The van der Waals surface area contributed by atoms with Crippen LogP contribution in [0.2, 0.25) is 0 Å². The van der Waals surface area contributed by atoms with E-state index in [1.807, 2.05) is 31.2 Å². The molecule has 7 heteroatoms. The van der Waals surface area contributed by atoms with Gasteiger partial charge in [-0.3, -0.25) is 9.59 Å². The zero-order chi connectivity index (χ0) is 17.1. The molecule has 0 saturated heterocycles. The molecule has 24 heavy (non-hydrogen) atoms. The Bertz CT molecular complexity index is 968. The second-order valence-electron chi connectivity index (χ2n) is 5.24. The van der Waals surface area contributed by atoms with Crippen molar-refractivity contribution in [3.05, 3.63) is 64.4 Å². The molecule has 0 fully saturated rings. The number of benzene rings is 2. The van der Waals surface area contributed by atoms with Gasteiger partial charge < -0.3 is 11.2 Å². The molecule has 0 radical (unpaired) electrons. The lowest BCUT2D eigenvalue weighted by Gasteiger charge is -2.09. The SMILES string of the molecule is Cc1ccccc1NC(=O)CSc1nc2ccccc2c(=O)n1N. The van der Waals surface area contributed by atoms with Crippen molar-refractivity contribution in [1.82, 2.24) is 9.66 Å². The van der Waals surface area contributed by atoms with Gasteiger partial charge in [-0.1, -0.05) is 42.1 Å². The summed E-state index contributed by atoms with van der Waals surface area (Å²) in [6.07, 6.45) is 0. The molecule has 1 heterocycles. The van der Waals surface area contributed by atoms with Crippen LogP contribution in [0.15, 0.2) is 58.5 Å². The Kier molecular flexibility index (Phi) is 4.52. The maximum Gasteiger partial charge on any atom is 0.280 e. The number of nitrogens with two attached hydrogens (primary N) is 1. The zero-order valence-corrected chi connectivity index (χ0v) is 13.8. The van der Waals surface area contributed by atoms with Crippen LogP contribution in [0.1, 0.15) is 5.56 Å². The summed E-state index contributed by atoms with van der Waals surface area (Å²) in [5.74, 6) is 5.72. The molecule has 0 aliphatic heterocycles. The monoisotopic (exact) mass is 340 g/mol.